The monoisotopic (exact) mass is 381 g/mol. The maximum atomic E-state index is 13.2. The number of aromatic amines is 1. The minimum absolute atomic E-state index is 0.0780. The Balaban J connectivity index is 1.31. The second-order valence-electron chi connectivity index (χ2n) is 6.96. The topological polar surface area (TPSA) is 91.0 Å². The predicted molar refractivity (Wildman–Crippen MR) is 101 cm³/mol. The van der Waals surface area contributed by atoms with Gasteiger partial charge in [0.2, 0.25) is 0 Å². The van der Waals surface area contributed by atoms with Gasteiger partial charge in [-0.25, -0.2) is 4.39 Å². The number of benzene rings is 1. The van der Waals surface area contributed by atoms with Gasteiger partial charge >= 0.3 is 0 Å². The Labute approximate surface area is 160 Å². The molecule has 0 aliphatic carbocycles. The van der Waals surface area contributed by atoms with Crippen LogP contribution in [0.2, 0.25) is 0 Å². The van der Waals surface area contributed by atoms with Gasteiger partial charge in [-0.1, -0.05) is 18.2 Å². The first-order chi connectivity index (χ1) is 13.6. The number of carbonyl (C=O) groups is 2. The zero-order chi connectivity index (χ0) is 19.5. The van der Waals surface area contributed by atoms with Gasteiger partial charge in [-0.3, -0.25) is 19.7 Å². The molecule has 144 valence electrons. The van der Waals surface area contributed by atoms with Crippen molar-refractivity contribution in [2.24, 2.45) is 5.92 Å². The van der Waals surface area contributed by atoms with Gasteiger partial charge in [-0.05, 0) is 30.9 Å². The lowest BCUT2D eigenvalue weighted by Gasteiger charge is -2.31. The number of rotatable bonds is 4. The van der Waals surface area contributed by atoms with Gasteiger partial charge < -0.3 is 10.2 Å². The fraction of sp³-hybridized carbons (Fsp3) is 0.300. The first-order valence-electron chi connectivity index (χ1n) is 9.23. The van der Waals surface area contributed by atoms with E-state index in [0.29, 0.717) is 25.3 Å². The van der Waals surface area contributed by atoms with Gasteiger partial charge in [0.1, 0.15) is 5.82 Å². The number of nitrogens with one attached hydrogen (secondary N) is 2. The van der Waals surface area contributed by atoms with Crippen molar-refractivity contribution in [3.05, 3.63) is 59.8 Å². The number of halogens is 1. The molecule has 0 spiro atoms. The first-order valence-corrected chi connectivity index (χ1v) is 9.23. The molecule has 0 unspecified atom stereocenters. The number of H-pyrrole nitrogens is 1. The quantitative estimate of drug-likeness (QED) is 0.726. The third-order valence-corrected chi connectivity index (χ3v) is 5.09. The molecule has 1 fully saturated rings. The van der Waals surface area contributed by atoms with E-state index < -0.39 is 5.82 Å². The Hall–Kier alpha value is -3.29. The molecule has 0 saturated carbocycles. The molecule has 1 aliphatic heterocycles. The van der Waals surface area contributed by atoms with E-state index in [4.69, 9.17) is 0 Å². The van der Waals surface area contributed by atoms with Gasteiger partial charge in [0, 0.05) is 31.2 Å². The summed E-state index contributed by atoms with van der Waals surface area (Å²) in [5.41, 5.74) is 1.49. The van der Waals surface area contributed by atoms with Crippen molar-refractivity contribution in [1.29, 1.82) is 0 Å². The summed E-state index contributed by atoms with van der Waals surface area (Å²) in [5, 5.41) is 10.7. The molecule has 0 radical (unpaired) electrons. The number of carbonyl (C=O) groups excluding carboxylic acids is 2. The number of likely N-dealkylation sites (tertiary alicyclic amines) is 1. The zero-order valence-electron chi connectivity index (χ0n) is 15.2. The fourth-order valence-electron chi connectivity index (χ4n) is 3.49. The molecule has 28 heavy (non-hydrogen) atoms. The molecular formula is C20H20FN5O2. The van der Waals surface area contributed by atoms with Crippen molar-refractivity contribution in [2.75, 3.05) is 19.6 Å². The molecule has 1 aromatic carbocycles. The number of nitrogens with zero attached hydrogens (tertiary/aromatic N) is 3. The van der Waals surface area contributed by atoms with E-state index in [1.807, 2.05) is 24.3 Å². The van der Waals surface area contributed by atoms with E-state index in [-0.39, 0.29) is 23.3 Å². The van der Waals surface area contributed by atoms with Crippen LogP contribution in [0.5, 0.6) is 0 Å². The van der Waals surface area contributed by atoms with Crippen LogP contribution in [0.15, 0.2) is 42.7 Å². The van der Waals surface area contributed by atoms with Crippen molar-refractivity contribution >= 4 is 22.7 Å². The molecule has 1 aliphatic rings. The molecule has 0 atom stereocenters. The second kappa shape index (κ2) is 7.75. The minimum Gasteiger partial charge on any atom is -0.352 e. The summed E-state index contributed by atoms with van der Waals surface area (Å²) in [4.78, 5) is 30.4. The summed E-state index contributed by atoms with van der Waals surface area (Å²) in [6.45, 7) is 1.72. The van der Waals surface area contributed by atoms with Crippen LogP contribution in [0.25, 0.3) is 10.9 Å². The van der Waals surface area contributed by atoms with E-state index in [1.54, 1.807) is 4.90 Å². The van der Waals surface area contributed by atoms with Gasteiger partial charge in [-0.15, -0.1) is 0 Å². The van der Waals surface area contributed by atoms with Crippen LogP contribution in [-0.4, -0.2) is 51.5 Å². The van der Waals surface area contributed by atoms with Crippen molar-refractivity contribution in [1.82, 2.24) is 25.4 Å². The number of para-hydroxylation sites is 1. The van der Waals surface area contributed by atoms with E-state index in [2.05, 4.69) is 20.5 Å². The van der Waals surface area contributed by atoms with Crippen LogP contribution in [0, 0.1) is 11.7 Å². The molecule has 2 amide bonds. The zero-order valence-corrected chi connectivity index (χ0v) is 15.2. The normalized spacial score (nSPS) is 15.0. The van der Waals surface area contributed by atoms with Crippen LogP contribution in [0.1, 0.15) is 33.7 Å². The van der Waals surface area contributed by atoms with Crippen LogP contribution in [-0.2, 0) is 0 Å². The molecule has 1 saturated heterocycles. The molecule has 4 rings (SSSR count). The average Bonchev–Trinajstić information content (AvgIpc) is 3.16. The third-order valence-electron chi connectivity index (χ3n) is 5.09. The number of fused-ring (bicyclic) bond motifs is 1. The van der Waals surface area contributed by atoms with Crippen molar-refractivity contribution in [3.63, 3.8) is 0 Å². The molecule has 8 heteroatoms. The Morgan fingerprint density at radius 2 is 2.00 bits per heavy atom. The predicted octanol–water partition coefficient (Wildman–Crippen LogP) is 2.38. The number of aromatic nitrogens is 3. The molecular weight excluding hydrogens is 361 g/mol. The molecule has 0 bridgehead atoms. The lowest BCUT2D eigenvalue weighted by atomic mass is 9.96. The number of piperidine rings is 1. The molecule has 3 aromatic rings. The number of hydrogen-bond acceptors (Lipinski definition) is 4. The van der Waals surface area contributed by atoms with Crippen molar-refractivity contribution in [2.45, 2.75) is 12.8 Å². The lowest BCUT2D eigenvalue weighted by Crippen LogP contribution is -2.41. The Morgan fingerprint density at radius 3 is 2.79 bits per heavy atom. The highest BCUT2D eigenvalue weighted by atomic mass is 19.1. The van der Waals surface area contributed by atoms with Crippen LogP contribution in [0.3, 0.4) is 0 Å². The Kier molecular flexibility index (Phi) is 5.01. The Bertz CT molecular complexity index is 1010. The average molecular weight is 381 g/mol. The minimum atomic E-state index is -0.537. The molecule has 3 heterocycles. The highest BCUT2D eigenvalue weighted by Gasteiger charge is 2.26. The number of hydrogen-bond donors (Lipinski definition) is 2. The summed E-state index contributed by atoms with van der Waals surface area (Å²) in [6.07, 6.45) is 3.98. The fourth-order valence-corrected chi connectivity index (χ4v) is 3.49. The summed E-state index contributed by atoms with van der Waals surface area (Å²) in [7, 11) is 0. The van der Waals surface area contributed by atoms with Crippen LogP contribution < -0.4 is 5.32 Å². The largest absolute Gasteiger partial charge is 0.352 e. The maximum absolute atomic E-state index is 13.2. The van der Waals surface area contributed by atoms with E-state index >= 15 is 0 Å². The van der Waals surface area contributed by atoms with Gasteiger partial charge in [0.05, 0.1) is 17.3 Å². The van der Waals surface area contributed by atoms with E-state index in [9.17, 15) is 14.0 Å². The summed E-state index contributed by atoms with van der Waals surface area (Å²) < 4.78 is 13.2. The summed E-state index contributed by atoms with van der Waals surface area (Å²) in [6, 6.07) is 8.72. The SMILES string of the molecule is O=C(NCC1CCN(C(=O)c2n[nH]c3ccccc23)CC1)c1cncc(F)c1. The van der Waals surface area contributed by atoms with Crippen LogP contribution in [0.4, 0.5) is 4.39 Å². The summed E-state index contributed by atoms with van der Waals surface area (Å²) in [5.74, 6) is -0.685. The highest BCUT2D eigenvalue weighted by molar-refractivity contribution is 6.04. The van der Waals surface area contributed by atoms with E-state index in [0.717, 1.165) is 36.0 Å². The molecule has 2 aromatic heterocycles. The second-order valence-corrected chi connectivity index (χ2v) is 6.96. The summed E-state index contributed by atoms with van der Waals surface area (Å²) >= 11 is 0. The molecule has 7 nitrogen and oxygen atoms in total. The van der Waals surface area contributed by atoms with E-state index in [1.165, 1.54) is 6.20 Å². The third kappa shape index (κ3) is 3.71. The van der Waals surface area contributed by atoms with Crippen LogP contribution >= 0.6 is 0 Å². The molecule has 2 N–H and O–H groups in total. The first kappa shape index (κ1) is 18.1. The van der Waals surface area contributed by atoms with Gasteiger partial charge in [0.25, 0.3) is 11.8 Å². The van der Waals surface area contributed by atoms with Gasteiger partial charge in [0.15, 0.2) is 5.69 Å². The van der Waals surface area contributed by atoms with Crippen molar-refractivity contribution < 1.29 is 14.0 Å². The maximum Gasteiger partial charge on any atom is 0.274 e. The standard InChI is InChI=1S/C20H20FN5O2/c21-15-9-14(11-22-12-15)19(27)23-10-13-5-7-26(8-6-13)20(28)18-16-3-1-2-4-17(16)24-25-18/h1-4,9,11-13H,5-8,10H2,(H,23,27)(H,24,25). The number of pyridine rings is 1. The lowest BCUT2D eigenvalue weighted by molar-refractivity contribution is 0.0680. The van der Waals surface area contributed by atoms with Gasteiger partial charge in [-0.2, -0.15) is 5.10 Å². The smallest absolute Gasteiger partial charge is 0.274 e. The Morgan fingerprint density at radius 1 is 1.21 bits per heavy atom. The number of amides is 2. The van der Waals surface area contributed by atoms with Crippen molar-refractivity contribution in [3.8, 4) is 0 Å². The highest BCUT2D eigenvalue weighted by Crippen LogP contribution is 2.21.